The summed E-state index contributed by atoms with van der Waals surface area (Å²) in [5.74, 6) is 0.0697. The van der Waals surface area contributed by atoms with Gasteiger partial charge in [-0.05, 0) is 25.3 Å². The predicted octanol–water partition coefficient (Wildman–Crippen LogP) is 3.27. The van der Waals surface area contributed by atoms with Crippen molar-refractivity contribution in [2.45, 2.75) is 44.0 Å². The largest absolute Gasteiger partial charge is 0.212 e. The van der Waals surface area contributed by atoms with E-state index in [0.717, 1.165) is 5.56 Å². The smallest absolute Gasteiger partial charge is 0.212 e. The van der Waals surface area contributed by atoms with Gasteiger partial charge in [-0.2, -0.15) is 0 Å². The van der Waals surface area contributed by atoms with Crippen molar-refractivity contribution in [2.75, 3.05) is 5.75 Å². The molecule has 0 heterocycles. The third-order valence-electron chi connectivity index (χ3n) is 3.25. The average molecular weight is 348 g/mol. The molecule has 0 saturated heterocycles. The fraction of sp³-hybridized carbons (Fsp3) is 0.571. The van der Waals surface area contributed by atoms with Crippen LogP contribution in [0, 0.1) is 0 Å². The lowest BCUT2D eigenvalue weighted by atomic mass is 10.0. The molecule has 1 aromatic rings. The quantitative estimate of drug-likeness (QED) is 0.802. The van der Waals surface area contributed by atoms with Gasteiger partial charge in [0.15, 0.2) is 0 Å². The van der Waals surface area contributed by atoms with Gasteiger partial charge in [0.2, 0.25) is 10.0 Å². The zero-order chi connectivity index (χ0) is 14.7. The Morgan fingerprint density at radius 2 is 1.74 bits per heavy atom. The number of alkyl halides is 1. The van der Waals surface area contributed by atoms with Gasteiger partial charge in [-0.1, -0.05) is 60.1 Å². The molecule has 0 aliphatic carbocycles. The van der Waals surface area contributed by atoms with E-state index in [2.05, 4.69) is 20.7 Å². The molecule has 0 aromatic heterocycles. The monoisotopic (exact) mass is 347 g/mol. The highest BCUT2D eigenvalue weighted by Gasteiger charge is 2.30. The summed E-state index contributed by atoms with van der Waals surface area (Å²) in [6.07, 6.45) is 0. The van der Waals surface area contributed by atoms with Crippen molar-refractivity contribution in [3.8, 4) is 0 Å². The van der Waals surface area contributed by atoms with Gasteiger partial charge in [0.1, 0.15) is 0 Å². The third kappa shape index (κ3) is 5.24. The Morgan fingerprint density at radius 3 is 2.21 bits per heavy atom. The maximum atomic E-state index is 12.2. The second-order valence-corrected chi connectivity index (χ2v) is 8.67. The normalized spacial score (nSPS) is 16.1. The highest BCUT2D eigenvalue weighted by molar-refractivity contribution is 9.09. The molecular formula is C14H22BrNO2S. The van der Waals surface area contributed by atoms with Crippen LogP contribution in [0.4, 0.5) is 0 Å². The summed E-state index contributed by atoms with van der Waals surface area (Å²) in [7, 11) is -3.31. The number of sulfonamides is 1. The highest BCUT2D eigenvalue weighted by Crippen LogP contribution is 2.21. The number of hydrogen-bond acceptors (Lipinski definition) is 2. The molecule has 0 fully saturated rings. The van der Waals surface area contributed by atoms with Crippen LogP contribution in [0.15, 0.2) is 30.3 Å². The number of benzene rings is 1. The van der Waals surface area contributed by atoms with Gasteiger partial charge >= 0.3 is 0 Å². The Hall–Kier alpha value is -0.390. The summed E-state index contributed by atoms with van der Waals surface area (Å²) < 4.78 is 27.2. The number of halogens is 1. The van der Waals surface area contributed by atoms with E-state index >= 15 is 0 Å². The molecule has 1 rings (SSSR count). The van der Waals surface area contributed by atoms with Gasteiger partial charge in [0.25, 0.3) is 0 Å². The summed E-state index contributed by atoms with van der Waals surface area (Å²) in [5.41, 5.74) is 0.535. The Bertz CT molecular complexity index is 497. The molecule has 19 heavy (non-hydrogen) atoms. The van der Waals surface area contributed by atoms with E-state index < -0.39 is 15.6 Å². The minimum absolute atomic E-state index is 0.0277. The molecule has 5 heteroatoms. The lowest BCUT2D eigenvalue weighted by Crippen LogP contribution is -2.49. The molecule has 0 saturated carbocycles. The number of hydrogen-bond donors (Lipinski definition) is 1. The first-order chi connectivity index (χ1) is 8.64. The molecule has 0 radical (unpaired) electrons. The Labute approximate surface area is 125 Å². The molecule has 0 aliphatic heterocycles. The number of nitrogens with one attached hydrogen (secondary N) is 1. The van der Waals surface area contributed by atoms with E-state index in [9.17, 15) is 8.42 Å². The predicted molar refractivity (Wildman–Crippen MR) is 84.2 cm³/mol. The molecular weight excluding hydrogens is 326 g/mol. The zero-order valence-electron chi connectivity index (χ0n) is 11.9. The fourth-order valence-corrected chi connectivity index (χ4v) is 3.91. The Kier molecular flexibility index (Phi) is 5.59. The van der Waals surface area contributed by atoms with Crippen LogP contribution in [0.1, 0.15) is 39.2 Å². The van der Waals surface area contributed by atoms with Crippen molar-refractivity contribution in [3.63, 3.8) is 0 Å². The molecule has 2 atom stereocenters. The van der Waals surface area contributed by atoms with Crippen LogP contribution >= 0.6 is 15.9 Å². The maximum absolute atomic E-state index is 12.2. The zero-order valence-corrected chi connectivity index (χ0v) is 14.3. The van der Waals surface area contributed by atoms with Crippen LogP contribution in [0.25, 0.3) is 0 Å². The van der Waals surface area contributed by atoms with Crippen molar-refractivity contribution < 1.29 is 8.42 Å². The molecule has 1 N–H and O–H groups in total. The summed E-state index contributed by atoms with van der Waals surface area (Å²) in [6.45, 7) is 7.61. The third-order valence-corrected chi connectivity index (χ3v) is 6.17. The van der Waals surface area contributed by atoms with Gasteiger partial charge in [-0.15, -0.1) is 0 Å². The summed E-state index contributed by atoms with van der Waals surface area (Å²) >= 11 is 3.43. The molecule has 1 aromatic carbocycles. The average Bonchev–Trinajstić information content (AvgIpc) is 2.27. The SMILES string of the molecule is CC(CS(=O)(=O)NC(C)(C)C(C)Br)c1ccccc1. The summed E-state index contributed by atoms with van der Waals surface area (Å²) in [4.78, 5) is 0.0572. The standard InChI is InChI=1S/C14H22BrNO2S/c1-11(13-8-6-5-7-9-13)10-19(17,18)16-14(3,4)12(2)15/h5-9,11-12,16H,10H2,1-4H3. The van der Waals surface area contributed by atoms with Crippen molar-refractivity contribution in [3.05, 3.63) is 35.9 Å². The van der Waals surface area contributed by atoms with E-state index in [4.69, 9.17) is 0 Å². The summed E-state index contributed by atoms with van der Waals surface area (Å²) in [6, 6.07) is 9.70. The van der Waals surface area contributed by atoms with Gasteiger partial charge in [0.05, 0.1) is 5.75 Å². The fourth-order valence-electron chi connectivity index (χ4n) is 1.73. The number of rotatable bonds is 6. The Morgan fingerprint density at radius 1 is 1.21 bits per heavy atom. The van der Waals surface area contributed by atoms with E-state index in [-0.39, 0.29) is 16.5 Å². The topological polar surface area (TPSA) is 46.2 Å². The molecule has 0 bridgehead atoms. The second kappa shape index (κ2) is 6.37. The molecule has 0 spiro atoms. The first kappa shape index (κ1) is 16.7. The van der Waals surface area contributed by atoms with Crippen molar-refractivity contribution in [1.29, 1.82) is 0 Å². The second-order valence-electron chi connectivity index (χ2n) is 5.53. The lowest BCUT2D eigenvalue weighted by molar-refractivity contribution is 0.452. The van der Waals surface area contributed by atoms with Gasteiger partial charge in [0, 0.05) is 10.4 Å². The van der Waals surface area contributed by atoms with E-state index in [0.29, 0.717) is 0 Å². The van der Waals surface area contributed by atoms with E-state index in [1.54, 1.807) is 0 Å². The first-order valence-corrected chi connectivity index (χ1v) is 8.91. The van der Waals surface area contributed by atoms with Gasteiger partial charge in [-0.25, -0.2) is 13.1 Å². The van der Waals surface area contributed by atoms with E-state index in [1.165, 1.54) is 0 Å². The van der Waals surface area contributed by atoms with Gasteiger partial charge in [-0.3, -0.25) is 0 Å². The minimum Gasteiger partial charge on any atom is -0.212 e. The van der Waals surface area contributed by atoms with Gasteiger partial charge < -0.3 is 0 Å². The van der Waals surface area contributed by atoms with Crippen LogP contribution in [-0.4, -0.2) is 24.5 Å². The first-order valence-electron chi connectivity index (χ1n) is 6.35. The summed E-state index contributed by atoms with van der Waals surface area (Å²) in [5, 5.41) is 0. The van der Waals surface area contributed by atoms with Crippen molar-refractivity contribution >= 4 is 26.0 Å². The lowest BCUT2D eigenvalue weighted by Gasteiger charge is -2.29. The van der Waals surface area contributed by atoms with Crippen molar-refractivity contribution in [1.82, 2.24) is 4.72 Å². The van der Waals surface area contributed by atoms with Crippen molar-refractivity contribution in [2.24, 2.45) is 0 Å². The van der Waals surface area contributed by atoms with Crippen LogP contribution in [0.2, 0.25) is 0 Å². The molecule has 0 aliphatic rings. The van der Waals surface area contributed by atoms with Crippen LogP contribution in [-0.2, 0) is 10.0 Å². The maximum Gasteiger partial charge on any atom is 0.212 e. The minimum atomic E-state index is -3.31. The van der Waals surface area contributed by atoms with Crippen LogP contribution < -0.4 is 4.72 Å². The molecule has 0 amide bonds. The Balaban J connectivity index is 2.76. The molecule has 108 valence electrons. The van der Waals surface area contributed by atoms with Crippen LogP contribution in [0.3, 0.4) is 0 Å². The van der Waals surface area contributed by atoms with E-state index in [1.807, 2.05) is 58.0 Å². The highest BCUT2D eigenvalue weighted by atomic mass is 79.9. The molecule has 3 nitrogen and oxygen atoms in total. The van der Waals surface area contributed by atoms with Crippen LogP contribution in [0.5, 0.6) is 0 Å². The molecule has 2 unspecified atom stereocenters.